The lowest BCUT2D eigenvalue weighted by atomic mass is 10.1. The maximum Gasteiger partial charge on any atom is 0.410 e. The maximum atomic E-state index is 12.8. The molecule has 0 unspecified atom stereocenters. The third kappa shape index (κ3) is 5.61. The van der Waals surface area contributed by atoms with Crippen LogP contribution in [0, 0.1) is 0 Å². The maximum absolute atomic E-state index is 12.8. The van der Waals surface area contributed by atoms with Gasteiger partial charge in [0.25, 0.3) is 5.91 Å². The lowest BCUT2D eigenvalue weighted by Crippen LogP contribution is -2.37. The van der Waals surface area contributed by atoms with Gasteiger partial charge in [0.1, 0.15) is 17.1 Å². The Bertz CT molecular complexity index is 1360. The van der Waals surface area contributed by atoms with Crippen molar-refractivity contribution in [2.75, 3.05) is 17.7 Å². The summed E-state index contributed by atoms with van der Waals surface area (Å²) in [4.78, 5) is 48.0. The molecule has 0 saturated carbocycles. The van der Waals surface area contributed by atoms with E-state index < -0.39 is 23.7 Å². The Labute approximate surface area is 220 Å². The minimum absolute atomic E-state index is 0.148. The van der Waals surface area contributed by atoms with E-state index in [0.717, 1.165) is 16.7 Å². The fourth-order valence-electron chi connectivity index (χ4n) is 4.40. The van der Waals surface area contributed by atoms with E-state index in [4.69, 9.17) is 10.6 Å². The number of nitrogens with two attached hydrogens (primary N) is 1. The van der Waals surface area contributed by atoms with Crippen molar-refractivity contribution >= 4 is 23.8 Å². The molecule has 38 heavy (non-hydrogen) atoms. The number of pyridine rings is 1. The fraction of sp³-hybridized carbons (Fsp3) is 0.370. The van der Waals surface area contributed by atoms with Crippen LogP contribution in [0.1, 0.15) is 78.8 Å². The molecule has 1 fully saturated rings. The zero-order valence-corrected chi connectivity index (χ0v) is 21.9. The highest BCUT2D eigenvalue weighted by Crippen LogP contribution is 2.35. The first-order valence-corrected chi connectivity index (χ1v) is 12.5. The van der Waals surface area contributed by atoms with Crippen LogP contribution in [0.3, 0.4) is 0 Å². The summed E-state index contributed by atoms with van der Waals surface area (Å²) in [6.07, 6.45) is 3.22. The molecule has 11 nitrogen and oxygen atoms in total. The molecule has 4 rings (SSSR count). The molecule has 2 amide bonds. The normalized spacial score (nSPS) is 15.4. The van der Waals surface area contributed by atoms with Crippen molar-refractivity contribution in [1.82, 2.24) is 19.5 Å². The molecule has 200 valence electrons. The monoisotopic (exact) mass is 520 g/mol. The van der Waals surface area contributed by atoms with Gasteiger partial charge in [0.15, 0.2) is 11.5 Å². The second kappa shape index (κ2) is 10.5. The number of carbonyl (C=O) groups is 3. The molecule has 11 heteroatoms. The Hall–Kier alpha value is -4.41. The van der Waals surface area contributed by atoms with Crippen molar-refractivity contribution < 1.29 is 24.2 Å². The largest absolute Gasteiger partial charge is 0.476 e. The molecule has 0 spiro atoms. The molecule has 3 heterocycles. The molecule has 1 saturated heterocycles. The smallest absolute Gasteiger partial charge is 0.410 e. The summed E-state index contributed by atoms with van der Waals surface area (Å²) in [7, 11) is 0. The Morgan fingerprint density at radius 3 is 2.53 bits per heavy atom. The van der Waals surface area contributed by atoms with Crippen molar-refractivity contribution in [2.24, 2.45) is 0 Å². The number of anilines is 1. The third-order valence-electron chi connectivity index (χ3n) is 6.21. The van der Waals surface area contributed by atoms with Crippen molar-refractivity contribution in [2.45, 2.75) is 58.6 Å². The first-order chi connectivity index (χ1) is 18.0. The molecule has 2 aromatic heterocycles. The van der Waals surface area contributed by atoms with Gasteiger partial charge in [-0.25, -0.2) is 24.2 Å². The molecule has 1 aliphatic rings. The number of benzene rings is 1. The zero-order chi connectivity index (χ0) is 27.6. The van der Waals surface area contributed by atoms with Gasteiger partial charge < -0.3 is 21.0 Å². The van der Waals surface area contributed by atoms with E-state index in [9.17, 15) is 19.5 Å². The number of aromatic carboxylic acids is 1. The van der Waals surface area contributed by atoms with Crippen LogP contribution in [-0.4, -0.2) is 54.8 Å². The number of hydrogen-bond donors (Lipinski definition) is 3. The summed E-state index contributed by atoms with van der Waals surface area (Å²) >= 11 is 0. The predicted octanol–water partition coefficient (Wildman–Crippen LogP) is 4.24. The number of carbonyl (C=O) groups excluding carboxylic acids is 2. The number of nitrogens with zero attached hydrogens (tertiary/aromatic N) is 4. The van der Waals surface area contributed by atoms with Crippen LogP contribution in [0.4, 0.5) is 10.6 Å². The highest BCUT2D eigenvalue weighted by molar-refractivity contribution is 6.04. The van der Waals surface area contributed by atoms with E-state index in [1.54, 1.807) is 51.2 Å². The Kier molecular flexibility index (Phi) is 7.38. The Morgan fingerprint density at radius 1 is 1.18 bits per heavy atom. The molecule has 4 N–H and O–H groups in total. The lowest BCUT2D eigenvalue weighted by Gasteiger charge is -2.28. The standard InChI is InChI=1S/C27H32N6O5/c1-5-16-12-13-29-20(15-16)30-24(34)18-10-8-17(9-11-18)21-22(25(35)36)33(28)23(31-21)19-7-6-14-32(19)26(37)38-27(2,3)4/h8-13,15,19H,5-7,14,28H2,1-4H3,(H,35,36)(H,29,30,34)/t19-/m0/s1. The molecule has 0 radical (unpaired) electrons. The second-order valence-electron chi connectivity index (χ2n) is 10.1. The summed E-state index contributed by atoms with van der Waals surface area (Å²) in [5, 5.41) is 12.7. The average Bonchev–Trinajstić information content (AvgIpc) is 3.47. The van der Waals surface area contributed by atoms with Crippen LogP contribution in [0.2, 0.25) is 0 Å². The van der Waals surface area contributed by atoms with E-state index in [0.29, 0.717) is 36.3 Å². The topological polar surface area (TPSA) is 153 Å². The van der Waals surface area contributed by atoms with Gasteiger partial charge in [0.05, 0.1) is 6.04 Å². The summed E-state index contributed by atoms with van der Waals surface area (Å²) in [5.74, 6) is 5.32. The summed E-state index contributed by atoms with van der Waals surface area (Å²) in [6, 6.07) is 9.55. The number of likely N-dealkylation sites (tertiary alicyclic amines) is 1. The van der Waals surface area contributed by atoms with Crippen molar-refractivity contribution in [3.8, 4) is 11.3 Å². The number of aryl methyl sites for hydroxylation is 1. The van der Waals surface area contributed by atoms with Crippen LogP contribution in [0.25, 0.3) is 11.3 Å². The Balaban J connectivity index is 1.61. The van der Waals surface area contributed by atoms with Gasteiger partial charge in [0, 0.05) is 23.9 Å². The molecule has 3 aromatic rings. The minimum atomic E-state index is -1.26. The van der Waals surface area contributed by atoms with E-state index >= 15 is 0 Å². The van der Waals surface area contributed by atoms with E-state index in [2.05, 4.69) is 15.3 Å². The van der Waals surface area contributed by atoms with E-state index in [-0.39, 0.29) is 23.1 Å². The first kappa shape index (κ1) is 26.6. The molecule has 1 atom stereocenters. The molecular formula is C27H32N6O5. The average molecular weight is 521 g/mol. The molecular weight excluding hydrogens is 488 g/mol. The number of nitrogens with one attached hydrogen (secondary N) is 1. The second-order valence-corrected chi connectivity index (χ2v) is 10.1. The third-order valence-corrected chi connectivity index (χ3v) is 6.21. The fourth-order valence-corrected chi connectivity index (χ4v) is 4.40. The SMILES string of the molecule is CCc1ccnc(NC(=O)c2ccc(-c3nc([C@@H]4CCCN4C(=O)OC(C)(C)C)n(N)c3C(=O)O)cc2)c1. The number of imidazole rings is 1. The molecule has 1 aromatic carbocycles. The number of carboxylic acid groups (broad SMARTS) is 1. The van der Waals surface area contributed by atoms with Crippen LogP contribution >= 0.6 is 0 Å². The summed E-state index contributed by atoms with van der Waals surface area (Å²) in [6.45, 7) is 7.81. The van der Waals surface area contributed by atoms with Crippen LogP contribution in [-0.2, 0) is 11.2 Å². The van der Waals surface area contributed by atoms with Crippen LogP contribution in [0.15, 0.2) is 42.6 Å². The minimum Gasteiger partial charge on any atom is -0.476 e. The van der Waals surface area contributed by atoms with Gasteiger partial charge in [-0.1, -0.05) is 19.1 Å². The molecule has 1 aliphatic heterocycles. The summed E-state index contributed by atoms with van der Waals surface area (Å²) in [5.41, 5.74) is 1.14. The van der Waals surface area contributed by atoms with Crippen molar-refractivity contribution in [1.29, 1.82) is 0 Å². The quantitative estimate of drug-likeness (QED) is 0.408. The van der Waals surface area contributed by atoms with Gasteiger partial charge in [-0.3, -0.25) is 9.69 Å². The number of aromatic nitrogens is 3. The summed E-state index contributed by atoms with van der Waals surface area (Å²) < 4.78 is 6.55. The lowest BCUT2D eigenvalue weighted by molar-refractivity contribution is 0.0217. The van der Waals surface area contributed by atoms with Crippen LogP contribution < -0.4 is 11.2 Å². The van der Waals surface area contributed by atoms with E-state index in [1.807, 2.05) is 19.1 Å². The van der Waals surface area contributed by atoms with Crippen molar-refractivity contribution in [3.63, 3.8) is 0 Å². The number of ether oxygens (including phenoxy) is 1. The number of rotatable bonds is 6. The van der Waals surface area contributed by atoms with Crippen LogP contribution in [0.5, 0.6) is 0 Å². The number of nitrogen functional groups attached to an aromatic ring is 1. The first-order valence-electron chi connectivity index (χ1n) is 12.5. The highest BCUT2D eigenvalue weighted by atomic mass is 16.6. The molecule has 0 bridgehead atoms. The van der Waals surface area contributed by atoms with Crippen molar-refractivity contribution in [3.05, 3.63) is 65.2 Å². The Morgan fingerprint density at radius 2 is 1.89 bits per heavy atom. The van der Waals surface area contributed by atoms with Gasteiger partial charge in [-0.05, 0) is 69.9 Å². The predicted molar refractivity (Wildman–Crippen MR) is 141 cm³/mol. The van der Waals surface area contributed by atoms with Gasteiger partial charge >= 0.3 is 12.1 Å². The molecule has 0 aliphatic carbocycles. The van der Waals surface area contributed by atoms with E-state index in [1.165, 1.54) is 4.90 Å². The number of amides is 2. The zero-order valence-electron chi connectivity index (χ0n) is 21.9. The number of hydrogen-bond acceptors (Lipinski definition) is 7. The number of carboxylic acids is 1. The highest BCUT2D eigenvalue weighted by Gasteiger charge is 2.37. The van der Waals surface area contributed by atoms with Gasteiger partial charge in [0.2, 0.25) is 0 Å². The van der Waals surface area contributed by atoms with Gasteiger partial charge in [-0.2, -0.15) is 0 Å². The van der Waals surface area contributed by atoms with Gasteiger partial charge in [-0.15, -0.1) is 0 Å².